The van der Waals surface area contributed by atoms with E-state index in [0.717, 1.165) is 23.6 Å². The van der Waals surface area contributed by atoms with E-state index < -0.39 is 0 Å². The van der Waals surface area contributed by atoms with Crippen molar-refractivity contribution in [3.05, 3.63) is 53.2 Å². The Morgan fingerprint density at radius 3 is 2.53 bits per heavy atom. The van der Waals surface area contributed by atoms with Crippen LogP contribution in [0, 0.1) is 12.7 Å². The van der Waals surface area contributed by atoms with Gasteiger partial charge in [-0.3, -0.25) is 4.90 Å². The van der Waals surface area contributed by atoms with Gasteiger partial charge in [-0.1, -0.05) is 17.3 Å². The van der Waals surface area contributed by atoms with Crippen molar-refractivity contribution in [2.75, 3.05) is 7.05 Å². The van der Waals surface area contributed by atoms with Crippen molar-refractivity contribution in [2.45, 2.75) is 20.0 Å². The molecule has 0 bridgehead atoms. The number of nitrogens with zero attached hydrogens (tertiary/aromatic N) is 2. The lowest BCUT2D eigenvalue weighted by atomic mass is 10.2. The first-order valence-corrected chi connectivity index (χ1v) is 5.48. The number of hydrogen-bond acceptors (Lipinski definition) is 3. The van der Waals surface area contributed by atoms with Gasteiger partial charge in [0.15, 0.2) is 5.76 Å². The number of benzene rings is 1. The molecule has 0 saturated carbocycles. The van der Waals surface area contributed by atoms with Crippen molar-refractivity contribution in [1.82, 2.24) is 10.1 Å². The largest absolute Gasteiger partial charge is 0.360 e. The highest BCUT2D eigenvalue weighted by molar-refractivity contribution is 5.16. The summed E-state index contributed by atoms with van der Waals surface area (Å²) in [6, 6.07) is 8.44. The highest BCUT2D eigenvalue weighted by atomic mass is 19.1. The van der Waals surface area contributed by atoms with Crippen LogP contribution in [0.3, 0.4) is 0 Å². The summed E-state index contributed by atoms with van der Waals surface area (Å²) in [5, 5.41) is 3.84. The van der Waals surface area contributed by atoms with Gasteiger partial charge in [-0.05, 0) is 31.7 Å². The maximum absolute atomic E-state index is 12.7. The molecule has 3 nitrogen and oxygen atoms in total. The van der Waals surface area contributed by atoms with Crippen LogP contribution in [-0.2, 0) is 13.1 Å². The fourth-order valence-corrected chi connectivity index (χ4v) is 1.71. The van der Waals surface area contributed by atoms with Gasteiger partial charge in [0.1, 0.15) is 5.82 Å². The number of rotatable bonds is 4. The monoisotopic (exact) mass is 234 g/mol. The summed E-state index contributed by atoms with van der Waals surface area (Å²) in [5.74, 6) is 0.634. The van der Waals surface area contributed by atoms with E-state index in [1.165, 1.54) is 12.1 Å². The minimum atomic E-state index is -0.206. The lowest BCUT2D eigenvalue weighted by Crippen LogP contribution is -2.16. The third-order valence-electron chi connectivity index (χ3n) is 2.47. The molecule has 0 unspecified atom stereocenters. The minimum absolute atomic E-state index is 0.206. The summed E-state index contributed by atoms with van der Waals surface area (Å²) in [5.41, 5.74) is 1.96. The van der Waals surface area contributed by atoms with Crippen molar-refractivity contribution in [2.24, 2.45) is 0 Å². The number of halogens is 1. The van der Waals surface area contributed by atoms with Gasteiger partial charge in [0.25, 0.3) is 0 Å². The average molecular weight is 234 g/mol. The van der Waals surface area contributed by atoms with Crippen LogP contribution in [0.1, 0.15) is 17.0 Å². The molecule has 0 radical (unpaired) electrons. The van der Waals surface area contributed by atoms with E-state index in [2.05, 4.69) is 10.1 Å². The predicted octanol–water partition coefficient (Wildman–Crippen LogP) is 2.75. The Labute approximate surface area is 99.8 Å². The van der Waals surface area contributed by atoms with Gasteiger partial charge in [-0.2, -0.15) is 0 Å². The Bertz CT molecular complexity index is 478. The van der Waals surface area contributed by atoms with Gasteiger partial charge in [-0.25, -0.2) is 4.39 Å². The van der Waals surface area contributed by atoms with Gasteiger partial charge in [0.05, 0.1) is 12.2 Å². The molecular formula is C13H15FN2O. The number of hydrogen-bond donors (Lipinski definition) is 0. The van der Waals surface area contributed by atoms with Gasteiger partial charge < -0.3 is 4.52 Å². The van der Waals surface area contributed by atoms with Crippen LogP contribution >= 0.6 is 0 Å². The van der Waals surface area contributed by atoms with E-state index in [1.807, 2.05) is 20.0 Å². The van der Waals surface area contributed by atoms with Crippen molar-refractivity contribution in [3.8, 4) is 0 Å². The van der Waals surface area contributed by atoms with Gasteiger partial charge in [-0.15, -0.1) is 0 Å². The second-order valence-corrected chi connectivity index (χ2v) is 4.23. The molecule has 0 saturated heterocycles. The Kier molecular flexibility index (Phi) is 3.54. The second kappa shape index (κ2) is 5.10. The average Bonchev–Trinajstić information content (AvgIpc) is 2.67. The molecule has 0 aliphatic heterocycles. The Balaban J connectivity index is 1.93. The lowest BCUT2D eigenvalue weighted by Gasteiger charge is -2.14. The fraction of sp³-hybridized carbons (Fsp3) is 0.308. The molecule has 17 heavy (non-hydrogen) atoms. The van der Waals surface area contributed by atoms with Crippen LogP contribution in [0.2, 0.25) is 0 Å². The van der Waals surface area contributed by atoms with E-state index in [-0.39, 0.29) is 5.82 Å². The van der Waals surface area contributed by atoms with Crippen LogP contribution in [0.4, 0.5) is 4.39 Å². The molecule has 0 amide bonds. The third-order valence-corrected chi connectivity index (χ3v) is 2.47. The third kappa shape index (κ3) is 3.39. The standard InChI is InChI=1S/C13H15FN2O/c1-10-7-13(17-15-10)9-16(2)8-11-3-5-12(14)6-4-11/h3-7H,8-9H2,1-2H3. The summed E-state index contributed by atoms with van der Waals surface area (Å²) in [6.45, 7) is 3.34. The SMILES string of the molecule is Cc1cc(CN(C)Cc2ccc(F)cc2)on1. The van der Waals surface area contributed by atoms with Crippen molar-refractivity contribution < 1.29 is 8.91 Å². The highest BCUT2D eigenvalue weighted by Gasteiger charge is 2.06. The van der Waals surface area contributed by atoms with Gasteiger partial charge in [0.2, 0.25) is 0 Å². The first kappa shape index (κ1) is 11.8. The fourth-order valence-electron chi connectivity index (χ4n) is 1.71. The molecule has 2 aromatic rings. The molecule has 0 aliphatic carbocycles. The molecule has 0 fully saturated rings. The molecule has 1 heterocycles. The molecule has 1 aromatic heterocycles. The molecule has 2 rings (SSSR count). The first-order valence-electron chi connectivity index (χ1n) is 5.48. The minimum Gasteiger partial charge on any atom is -0.360 e. The van der Waals surface area contributed by atoms with E-state index >= 15 is 0 Å². The smallest absolute Gasteiger partial charge is 0.150 e. The Morgan fingerprint density at radius 2 is 1.94 bits per heavy atom. The van der Waals surface area contributed by atoms with E-state index in [0.29, 0.717) is 6.54 Å². The molecule has 0 spiro atoms. The topological polar surface area (TPSA) is 29.3 Å². The maximum Gasteiger partial charge on any atom is 0.150 e. The highest BCUT2D eigenvalue weighted by Crippen LogP contribution is 2.09. The summed E-state index contributed by atoms with van der Waals surface area (Å²) >= 11 is 0. The molecule has 0 atom stereocenters. The van der Waals surface area contributed by atoms with Gasteiger partial charge in [0, 0.05) is 12.6 Å². The second-order valence-electron chi connectivity index (χ2n) is 4.23. The normalized spacial score (nSPS) is 11.1. The maximum atomic E-state index is 12.7. The first-order chi connectivity index (χ1) is 8.13. The van der Waals surface area contributed by atoms with E-state index in [9.17, 15) is 4.39 Å². The van der Waals surface area contributed by atoms with Crippen LogP contribution in [0.25, 0.3) is 0 Å². The zero-order chi connectivity index (χ0) is 12.3. The molecule has 1 aromatic carbocycles. The van der Waals surface area contributed by atoms with Crippen LogP contribution in [0.5, 0.6) is 0 Å². The zero-order valence-electron chi connectivity index (χ0n) is 9.98. The van der Waals surface area contributed by atoms with Crippen LogP contribution in [0.15, 0.2) is 34.9 Å². The summed E-state index contributed by atoms with van der Waals surface area (Å²) in [4.78, 5) is 2.09. The molecule has 90 valence electrons. The number of aromatic nitrogens is 1. The zero-order valence-corrected chi connectivity index (χ0v) is 9.98. The molecule has 0 N–H and O–H groups in total. The van der Waals surface area contributed by atoms with Crippen molar-refractivity contribution in [3.63, 3.8) is 0 Å². The van der Waals surface area contributed by atoms with E-state index in [4.69, 9.17) is 4.52 Å². The lowest BCUT2D eigenvalue weighted by molar-refractivity contribution is 0.266. The molecular weight excluding hydrogens is 219 g/mol. The van der Waals surface area contributed by atoms with Crippen LogP contribution < -0.4 is 0 Å². The summed E-state index contributed by atoms with van der Waals surface area (Å²) < 4.78 is 17.9. The molecule has 4 heteroatoms. The molecule has 0 aliphatic rings. The van der Waals surface area contributed by atoms with Crippen molar-refractivity contribution >= 4 is 0 Å². The van der Waals surface area contributed by atoms with Gasteiger partial charge >= 0.3 is 0 Å². The van der Waals surface area contributed by atoms with Crippen molar-refractivity contribution in [1.29, 1.82) is 0 Å². The van der Waals surface area contributed by atoms with E-state index in [1.54, 1.807) is 12.1 Å². The summed E-state index contributed by atoms with van der Waals surface area (Å²) in [7, 11) is 1.99. The summed E-state index contributed by atoms with van der Waals surface area (Å²) in [6.07, 6.45) is 0. The Hall–Kier alpha value is -1.68. The quantitative estimate of drug-likeness (QED) is 0.814. The van der Waals surface area contributed by atoms with Crippen LogP contribution in [-0.4, -0.2) is 17.1 Å². The Morgan fingerprint density at radius 1 is 1.24 bits per heavy atom. The number of aryl methyl sites for hydroxylation is 1. The predicted molar refractivity (Wildman–Crippen MR) is 62.8 cm³/mol.